The van der Waals surface area contributed by atoms with Crippen LogP contribution in [0.2, 0.25) is 0 Å². The van der Waals surface area contributed by atoms with Crippen LogP contribution in [0, 0.1) is 0 Å². The molecule has 0 nitrogen and oxygen atoms in total. The molecule has 0 atom stereocenters. The van der Waals surface area contributed by atoms with Crippen molar-refractivity contribution >= 4 is 90.4 Å². The number of hydrogen-bond acceptors (Lipinski definition) is 0. The normalized spacial score (nSPS) is 11.0. The van der Waals surface area contributed by atoms with Crippen molar-refractivity contribution < 1.29 is 0 Å². The van der Waals surface area contributed by atoms with Crippen LogP contribution in [0.3, 0.4) is 0 Å². The summed E-state index contributed by atoms with van der Waals surface area (Å²) in [5, 5.41) is 2.33. The summed E-state index contributed by atoms with van der Waals surface area (Å²) in [6.07, 6.45) is 0. The maximum atomic E-state index is 3.58. The Hall–Kier alpha value is 1.10. The smallest absolute Gasteiger partial charge is 0.0466 e. The molecule has 5 heteroatoms. The average molecular weight is 523 g/mol. The van der Waals surface area contributed by atoms with Gasteiger partial charge in [-0.1, -0.05) is 31.9 Å². The molecule has 0 aromatic heterocycles. The molecule has 0 aliphatic carbocycles. The van der Waals surface area contributed by atoms with E-state index in [-0.39, 0.29) is 0 Å². The number of rotatable bonds is 0. The zero-order valence-corrected chi connectivity index (χ0v) is 15.1. The third-order valence-corrected chi connectivity index (χ3v) is 6.46. The lowest BCUT2D eigenvalue weighted by molar-refractivity contribution is 1.57. The summed E-state index contributed by atoms with van der Waals surface area (Å²) < 4.78 is 5.23. The molecular weight excluding hydrogens is 520 g/mol. The summed E-state index contributed by atoms with van der Waals surface area (Å²) in [4.78, 5) is 0. The first kappa shape index (κ1) is 12.6. The van der Waals surface area contributed by atoms with Gasteiger partial charge in [-0.2, -0.15) is 0 Å². The first-order valence-electron chi connectivity index (χ1n) is 3.93. The second kappa shape index (κ2) is 4.77. The average Bonchev–Trinajstić information content (AvgIpc) is 2.17. The van der Waals surface area contributed by atoms with E-state index in [1.54, 1.807) is 0 Å². The number of fused-ring (bicyclic) bond motifs is 1. The molecular formula is C10H3Br5. The lowest BCUT2D eigenvalue weighted by Gasteiger charge is -2.08. The van der Waals surface area contributed by atoms with Crippen molar-refractivity contribution in [1.82, 2.24) is 0 Å². The van der Waals surface area contributed by atoms with E-state index in [0.717, 1.165) is 27.7 Å². The van der Waals surface area contributed by atoms with Gasteiger partial charge in [0, 0.05) is 22.4 Å². The maximum absolute atomic E-state index is 3.58. The van der Waals surface area contributed by atoms with Crippen LogP contribution in [-0.4, -0.2) is 0 Å². The van der Waals surface area contributed by atoms with Crippen molar-refractivity contribution in [1.29, 1.82) is 0 Å². The molecule has 0 unspecified atom stereocenters. The number of halogens is 5. The maximum Gasteiger partial charge on any atom is 0.0466 e. The van der Waals surface area contributed by atoms with E-state index in [2.05, 4.69) is 91.8 Å². The van der Waals surface area contributed by atoms with E-state index in [1.807, 2.05) is 6.07 Å². The van der Waals surface area contributed by atoms with E-state index in [9.17, 15) is 0 Å². The molecule has 0 radical (unpaired) electrons. The van der Waals surface area contributed by atoms with Crippen molar-refractivity contribution in [2.75, 3.05) is 0 Å². The molecule has 0 aliphatic heterocycles. The molecule has 0 heterocycles. The van der Waals surface area contributed by atoms with Gasteiger partial charge in [-0.15, -0.1) is 0 Å². The van der Waals surface area contributed by atoms with Crippen molar-refractivity contribution in [2.45, 2.75) is 0 Å². The number of hydrogen-bond donors (Lipinski definition) is 0. The molecule has 0 saturated carbocycles. The highest BCUT2D eigenvalue weighted by molar-refractivity contribution is 9.14. The Morgan fingerprint density at radius 3 is 1.93 bits per heavy atom. The molecule has 0 aliphatic rings. The second-order valence-corrected chi connectivity index (χ2v) is 7.18. The lowest BCUT2D eigenvalue weighted by atomic mass is 10.1. The van der Waals surface area contributed by atoms with Crippen LogP contribution in [0.5, 0.6) is 0 Å². The van der Waals surface area contributed by atoms with Crippen molar-refractivity contribution in [3.8, 4) is 0 Å². The van der Waals surface area contributed by atoms with E-state index in [0.29, 0.717) is 0 Å². The molecule has 0 saturated heterocycles. The minimum absolute atomic E-state index is 1.03. The predicted molar refractivity (Wildman–Crippen MR) is 82.4 cm³/mol. The minimum Gasteiger partial charge on any atom is -0.0508 e. The van der Waals surface area contributed by atoms with Gasteiger partial charge in [-0.25, -0.2) is 0 Å². The monoisotopic (exact) mass is 518 g/mol. The molecule has 2 rings (SSSR count). The fraction of sp³-hybridized carbons (Fsp3) is 0. The van der Waals surface area contributed by atoms with Crippen LogP contribution in [0.25, 0.3) is 10.8 Å². The quantitative estimate of drug-likeness (QED) is 0.340. The largest absolute Gasteiger partial charge is 0.0508 e. The Morgan fingerprint density at radius 1 is 0.600 bits per heavy atom. The molecule has 0 bridgehead atoms. The number of benzene rings is 2. The highest BCUT2D eigenvalue weighted by atomic mass is 79.9. The summed E-state index contributed by atoms with van der Waals surface area (Å²) in [5.41, 5.74) is 0. The predicted octanol–water partition coefficient (Wildman–Crippen LogP) is 6.65. The molecule has 2 aromatic carbocycles. The van der Waals surface area contributed by atoms with E-state index >= 15 is 0 Å². The Balaban J connectivity index is 2.98. The molecule has 0 amide bonds. The molecule has 15 heavy (non-hydrogen) atoms. The second-order valence-electron chi connectivity index (χ2n) is 2.97. The molecule has 2 aromatic rings. The van der Waals surface area contributed by atoms with Crippen LogP contribution in [0.1, 0.15) is 0 Å². The first-order valence-corrected chi connectivity index (χ1v) is 7.89. The van der Waals surface area contributed by atoms with Gasteiger partial charge < -0.3 is 0 Å². The Kier molecular flexibility index (Phi) is 3.99. The van der Waals surface area contributed by atoms with Crippen LogP contribution < -0.4 is 0 Å². The van der Waals surface area contributed by atoms with E-state index in [1.165, 1.54) is 5.39 Å². The Bertz CT molecular complexity index is 547. The standard InChI is InChI=1S/C10H3Br5/c11-4-1-6-5(7(12)2-4)3-8(13)10(15)9(6)14/h1-3H. The summed E-state index contributed by atoms with van der Waals surface area (Å²) >= 11 is 17.7. The molecule has 0 fully saturated rings. The van der Waals surface area contributed by atoms with Gasteiger partial charge in [0.15, 0.2) is 0 Å². The first-order chi connectivity index (χ1) is 7.00. The Morgan fingerprint density at radius 2 is 1.27 bits per heavy atom. The lowest BCUT2D eigenvalue weighted by Crippen LogP contribution is -1.81. The molecule has 78 valence electrons. The van der Waals surface area contributed by atoms with Gasteiger partial charge in [0.25, 0.3) is 0 Å². The van der Waals surface area contributed by atoms with Gasteiger partial charge in [0.05, 0.1) is 0 Å². The molecule has 0 N–H and O–H groups in total. The SMILES string of the molecule is Brc1cc(Br)c2cc(Br)c(Br)c(Br)c2c1. The van der Waals surface area contributed by atoms with Gasteiger partial charge in [-0.3, -0.25) is 0 Å². The fourth-order valence-electron chi connectivity index (χ4n) is 1.33. The van der Waals surface area contributed by atoms with Crippen LogP contribution in [0.4, 0.5) is 0 Å². The van der Waals surface area contributed by atoms with Crippen LogP contribution in [0.15, 0.2) is 40.6 Å². The summed E-state index contributed by atoms with van der Waals surface area (Å²) in [6.45, 7) is 0. The van der Waals surface area contributed by atoms with Gasteiger partial charge in [-0.05, 0) is 76.8 Å². The Labute approximate surface area is 129 Å². The van der Waals surface area contributed by atoms with Crippen LogP contribution >= 0.6 is 79.6 Å². The molecule has 0 spiro atoms. The van der Waals surface area contributed by atoms with E-state index in [4.69, 9.17) is 0 Å². The summed E-state index contributed by atoms with van der Waals surface area (Å²) in [6, 6.07) is 6.21. The van der Waals surface area contributed by atoms with Gasteiger partial charge in [0.2, 0.25) is 0 Å². The van der Waals surface area contributed by atoms with Crippen molar-refractivity contribution in [3.63, 3.8) is 0 Å². The third kappa shape index (κ3) is 2.37. The fourth-order valence-corrected chi connectivity index (χ4v) is 4.23. The van der Waals surface area contributed by atoms with Crippen molar-refractivity contribution in [3.05, 3.63) is 40.6 Å². The van der Waals surface area contributed by atoms with E-state index < -0.39 is 0 Å². The topological polar surface area (TPSA) is 0 Å². The highest BCUT2D eigenvalue weighted by Crippen LogP contribution is 2.41. The minimum atomic E-state index is 1.03. The highest BCUT2D eigenvalue weighted by Gasteiger charge is 2.10. The third-order valence-electron chi connectivity index (χ3n) is 2.00. The van der Waals surface area contributed by atoms with Gasteiger partial charge >= 0.3 is 0 Å². The zero-order chi connectivity index (χ0) is 11.2. The van der Waals surface area contributed by atoms with Gasteiger partial charge in [0.1, 0.15) is 0 Å². The van der Waals surface area contributed by atoms with Crippen molar-refractivity contribution in [2.24, 2.45) is 0 Å². The van der Waals surface area contributed by atoms with Crippen LogP contribution in [-0.2, 0) is 0 Å². The summed E-state index contributed by atoms with van der Waals surface area (Å²) in [5.74, 6) is 0. The zero-order valence-electron chi connectivity index (χ0n) is 7.12. The summed E-state index contributed by atoms with van der Waals surface area (Å²) in [7, 11) is 0.